The van der Waals surface area contributed by atoms with E-state index in [-0.39, 0.29) is 14.9 Å². The normalized spacial score (nSPS) is 10.2. The lowest BCUT2D eigenvalue weighted by Crippen LogP contribution is -2.11. The Bertz CT molecular complexity index is 656. The summed E-state index contributed by atoms with van der Waals surface area (Å²) >= 11 is 6.55. The van der Waals surface area contributed by atoms with Crippen LogP contribution in [0, 0.1) is 17.0 Å². The lowest BCUT2D eigenvalue weighted by atomic mass is 10.3. The Balaban J connectivity index is 2.21. The third-order valence-electron chi connectivity index (χ3n) is 2.25. The van der Waals surface area contributed by atoms with Crippen molar-refractivity contribution in [3.05, 3.63) is 49.3 Å². The summed E-state index contributed by atoms with van der Waals surface area (Å²) in [7, 11) is 0. The van der Waals surface area contributed by atoms with Gasteiger partial charge in [0.15, 0.2) is 4.34 Å². The molecule has 1 amide bonds. The third kappa shape index (κ3) is 3.07. The van der Waals surface area contributed by atoms with Crippen LogP contribution >= 0.6 is 22.9 Å². The van der Waals surface area contributed by atoms with Gasteiger partial charge in [0.1, 0.15) is 10.7 Å². The maximum atomic E-state index is 11.9. The lowest BCUT2D eigenvalue weighted by molar-refractivity contribution is -0.384. The number of anilines is 1. The molecule has 19 heavy (non-hydrogen) atoms. The number of nitro groups is 1. The molecule has 0 bridgehead atoms. The molecule has 0 aliphatic heterocycles. The average molecular weight is 298 g/mol. The van der Waals surface area contributed by atoms with E-state index >= 15 is 0 Å². The largest absolute Gasteiger partial charge is 0.306 e. The molecule has 0 unspecified atom stereocenters. The molecule has 0 fully saturated rings. The number of aromatic nitrogens is 1. The second-order valence-corrected chi connectivity index (χ2v) is 5.35. The zero-order valence-electron chi connectivity index (χ0n) is 9.71. The van der Waals surface area contributed by atoms with E-state index < -0.39 is 10.8 Å². The van der Waals surface area contributed by atoms with Gasteiger partial charge in [-0.15, -0.1) is 11.3 Å². The van der Waals surface area contributed by atoms with Crippen molar-refractivity contribution in [3.63, 3.8) is 0 Å². The minimum atomic E-state index is -0.624. The van der Waals surface area contributed by atoms with Crippen molar-refractivity contribution < 1.29 is 9.72 Å². The molecular weight excluding hydrogens is 290 g/mol. The van der Waals surface area contributed by atoms with E-state index in [1.807, 2.05) is 6.92 Å². The van der Waals surface area contributed by atoms with Crippen LogP contribution in [0.25, 0.3) is 0 Å². The van der Waals surface area contributed by atoms with E-state index in [0.717, 1.165) is 23.0 Å². The molecule has 2 aromatic rings. The number of rotatable bonds is 3. The maximum absolute atomic E-state index is 11.9. The van der Waals surface area contributed by atoms with Crippen LogP contribution in [-0.2, 0) is 0 Å². The van der Waals surface area contributed by atoms with E-state index in [9.17, 15) is 14.9 Å². The van der Waals surface area contributed by atoms with Crippen molar-refractivity contribution >= 4 is 40.4 Å². The van der Waals surface area contributed by atoms with Crippen LogP contribution < -0.4 is 5.32 Å². The van der Waals surface area contributed by atoms with E-state index in [0.29, 0.717) is 5.82 Å². The molecule has 0 radical (unpaired) electrons. The van der Waals surface area contributed by atoms with Gasteiger partial charge in [-0.1, -0.05) is 11.6 Å². The van der Waals surface area contributed by atoms with Gasteiger partial charge in [-0.2, -0.15) is 0 Å². The minimum Gasteiger partial charge on any atom is -0.306 e. The predicted octanol–water partition coefficient (Wildman–Crippen LogP) is 3.27. The highest BCUT2D eigenvalue weighted by Gasteiger charge is 2.21. The number of carbonyl (C=O) groups excluding carboxylic acids is 1. The topological polar surface area (TPSA) is 85.1 Å². The average Bonchev–Trinajstić information content (AvgIpc) is 2.71. The van der Waals surface area contributed by atoms with Gasteiger partial charge in [-0.05, 0) is 24.6 Å². The Morgan fingerprint density at radius 1 is 1.53 bits per heavy atom. The number of carbonyl (C=O) groups is 1. The van der Waals surface area contributed by atoms with Crippen LogP contribution in [-0.4, -0.2) is 15.8 Å². The van der Waals surface area contributed by atoms with E-state index in [1.54, 1.807) is 18.3 Å². The molecule has 6 nitrogen and oxygen atoms in total. The van der Waals surface area contributed by atoms with Gasteiger partial charge in [-0.3, -0.25) is 14.9 Å². The lowest BCUT2D eigenvalue weighted by Gasteiger charge is -2.02. The highest BCUT2D eigenvalue weighted by molar-refractivity contribution is 7.18. The van der Waals surface area contributed by atoms with Crippen molar-refractivity contribution in [1.82, 2.24) is 4.98 Å². The summed E-state index contributed by atoms with van der Waals surface area (Å²) in [6.45, 7) is 1.87. The number of amides is 1. The Morgan fingerprint density at radius 2 is 2.26 bits per heavy atom. The Hall–Kier alpha value is -1.99. The maximum Gasteiger partial charge on any atom is 0.299 e. The molecular formula is C11H8ClN3O3S. The van der Waals surface area contributed by atoms with Crippen LogP contribution in [0.2, 0.25) is 4.34 Å². The first-order chi connectivity index (χ1) is 8.97. The smallest absolute Gasteiger partial charge is 0.299 e. The van der Waals surface area contributed by atoms with Crippen LogP contribution in [0.4, 0.5) is 11.5 Å². The second kappa shape index (κ2) is 5.33. The molecule has 0 saturated heterocycles. The number of thiophene rings is 1. The monoisotopic (exact) mass is 297 g/mol. The summed E-state index contributed by atoms with van der Waals surface area (Å²) in [6.07, 6.45) is 1.56. The summed E-state index contributed by atoms with van der Waals surface area (Å²) in [6, 6.07) is 4.64. The first kappa shape index (κ1) is 13.4. The molecule has 0 spiro atoms. The van der Waals surface area contributed by atoms with Crippen molar-refractivity contribution in [1.29, 1.82) is 0 Å². The van der Waals surface area contributed by atoms with Gasteiger partial charge in [0, 0.05) is 12.3 Å². The first-order valence-electron chi connectivity index (χ1n) is 5.15. The number of aryl methyl sites for hydroxylation is 1. The zero-order valence-corrected chi connectivity index (χ0v) is 11.3. The third-order valence-corrected chi connectivity index (χ3v) is 3.58. The fraction of sp³-hybridized carbons (Fsp3) is 0.0909. The van der Waals surface area contributed by atoms with Crippen molar-refractivity contribution in [2.45, 2.75) is 6.92 Å². The molecule has 0 atom stereocenters. The highest BCUT2D eigenvalue weighted by Crippen LogP contribution is 2.33. The van der Waals surface area contributed by atoms with E-state index in [1.165, 1.54) is 0 Å². The number of nitrogens with one attached hydrogen (secondary N) is 1. The second-order valence-electron chi connectivity index (χ2n) is 3.70. The zero-order chi connectivity index (χ0) is 14.0. The Kier molecular flexibility index (Phi) is 3.77. The number of hydrogen-bond donors (Lipinski definition) is 1. The summed E-state index contributed by atoms with van der Waals surface area (Å²) in [5.74, 6) is -0.0877. The van der Waals surface area contributed by atoms with Crippen LogP contribution in [0.5, 0.6) is 0 Å². The van der Waals surface area contributed by atoms with Gasteiger partial charge >= 0.3 is 0 Å². The van der Waals surface area contributed by atoms with Gasteiger partial charge in [0.2, 0.25) is 0 Å². The van der Waals surface area contributed by atoms with Gasteiger partial charge in [0.05, 0.1) is 4.92 Å². The number of pyridine rings is 1. The van der Waals surface area contributed by atoms with Gasteiger partial charge < -0.3 is 5.32 Å². The fourth-order valence-electron chi connectivity index (χ4n) is 1.38. The molecule has 2 heterocycles. The Morgan fingerprint density at radius 3 is 2.84 bits per heavy atom. The molecule has 0 aliphatic rings. The van der Waals surface area contributed by atoms with Crippen LogP contribution in [0.1, 0.15) is 15.2 Å². The van der Waals surface area contributed by atoms with Crippen LogP contribution in [0.3, 0.4) is 0 Å². The summed E-state index contributed by atoms with van der Waals surface area (Å²) in [5, 5.41) is 13.2. The molecule has 0 aromatic carbocycles. The Labute approximate surface area is 117 Å². The molecule has 2 aromatic heterocycles. The van der Waals surface area contributed by atoms with Crippen molar-refractivity contribution in [2.75, 3.05) is 5.32 Å². The number of hydrogen-bond acceptors (Lipinski definition) is 5. The number of nitrogens with zero attached hydrogens (tertiary/aromatic N) is 2. The molecule has 2 rings (SSSR count). The predicted molar refractivity (Wildman–Crippen MR) is 72.9 cm³/mol. The van der Waals surface area contributed by atoms with Crippen molar-refractivity contribution in [3.8, 4) is 0 Å². The van der Waals surface area contributed by atoms with E-state index in [2.05, 4.69) is 10.3 Å². The van der Waals surface area contributed by atoms with Crippen molar-refractivity contribution in [2.24, 2.45) is 0 Å². The molecule has 0 aliphatic carbocycles. The molecule has 8 heteroatoms. The molecule has 1 N–H and O–H groups in total. The van der Waals surface area contributed by atoms with Gasteiger partial charge in [-0.25, -0.2) is 4.98 Å². The molecule has 0 saturated carbocycles. The standard InChI is InChI=1S/C11H8ClN3O3S/c1-6-2-3-13-9(4-6)14-11(16)8-5-7(15(17)18)10(12)19-8/h2-5H,1H3,(H,13,14,16). The van der Waals surface area contributed by atoms with Gasteiger partial charge in [0.25, 0.3) is 11.6 Å². The fourth-order valence-corrected chi connectivity index (χ4v) is 2.50. The molecule has 98 valence electrons. The summed E-state index contributed by atoms with van der Waals surface area (Å²) in [4.78, 5) is 26.1. The SMILES string of the molecule is Cc1ccnc(NC(=O)c2cc([N+](=O)[O-])c(Cl)s2)c1. The summed E-state index contributed by atoms with van der Waals surface area (Å²) < 4.78 is -0.0210. The minimum absolute atomic E-state index is 0.0210. The quantitative estimate of drug-likeness (QED) is 0.696. The number of halogens is 1. The van der Waals surface area contributed by atoms with E-state index in [4.69, 9.17) is 11.6 Å². The van der Waals surface area contributed by atoms with Crippen LogP contribution in [0.15, 0.2) is 24.4 Å². The summed E-state index contributed by atoms with van der Waals surface area (Å²) in [5.41, 5.74) is 0.675. The first-order valence-corrected chi connectivity index (χ1v) is 6.34. The highest BCUT2D eigenvalue weighted by atomic mass is 35.5.